The van der Waals surface area contributed by atoms with E-state index in [0.29, 0.717) is 13.1 Å². The molecule has 1 aromatic rings. The van der Waals surface area contributed by atoms with Gasteiger partial charge in [-0.2, -0.15) is 0 Å². The number of aromatic nitrogens is 2. The number of hydrogen-bond acceptors (Lipinski definition) is 5. The highest BCUT2D eigenvalue weighted by molar-refractivity contribution is 5.73. The van der Waals surface area contributed by atoms with E-state index in [2.05, 4.69) is 20.2 Å². The number of carboxylic acids is 1. The van der Waals surface area contributed by atoms with E-state index in [9.17, 15) is 4.79 Å². The normalized spacial score (nSPS) is 23.2. The molecular weight excluding hydrogens is 220 g/mol. The van der Waals surface area contributed by atoms with E-state index in [4.69, 9.17) is 5.11 Å². The number of hydrogen-bond donors (Lipinski definition) is 2. The van der Waals surface area contributed by atoms with Crippen molar-refractivity contribution in [1.29, 1.82) is 0 Å². The predicted molar refractivity (Wildman–Crippen MR) is 61.4 cm³/mol. The largest absolute Gasteiger partial charge is 0.480 e. The van der Waals surface area contributed by atoms with Crippen molar-refractivity contribution in [2.45, 2.75) is 19.0 Å². The van der Waals surface area contributed by atoms with Crippen LogP contribution >= 0.6 is 0 Å². The molecule has 2 heterocycles. The summed E-state index contributed by atoms with van der Waals surface area (Å²) in [6.07, 6.45) is 5.01. The van der Waals surface area contributed by atoms with Gasteiger partial charge in [-0.25, -0.2) is 0 Å². The van der Waals surface area contributed by atoms with E-state index in [-0.39, 0.29) is 6.04 Å². The summed E-state index contributed by atoms with van der Waals surface area (Å²) in [4.78, 5) is 21.3. The highest BCUT2D eigenvalue weighted by atomic mass is 16.4. The Bertz CT molecular complexity index is 384. The summed E-state index contributed by atoms with van der Waals surface area (Å²) in [5.41, 5.74) is 0.874. The smallest absolute Gasteiger partial charge is 0.322 e. The number of nitrogens with zero attached hydrogens (tertiary/aromatic N) is 3. The van der Waals surface area contributed by atoms with Crippen molar-refractivity contribution in [3.63, 3.8) is 0 Å². The van der Waals surface area contributed by atoms with Gasteiger partial charge in [0.1, 0.15) is 6.04 Å². The second-order valence-corrected chi connectivity index (χ2v) is 4.15. The van der Waals surface area contributed by atoms with Crippen molar-refractivity contribution in [2.75, 3.05) is 19.6 Å². The molecule has 0 aromatic carbocycles. The third-order valence-electron chi connectivity index (χ3n) is 3.06. The summed E-state index contributed by atoms with van der Waals surface area (Å²) >= 11 is 0. The predicted octanol–water partition coefficient (Wildman–Crippen LogP) is -0.104. The van der Waals surface area contributed by atoms with Crippen molar-refractivity contribution in [1.82, 2.24) is 20.2 Å². The van der Waals surface area contributed by atoms with E-state index in [1.807, 2.05) is 6.92 Å². The Morgan fingerprint density at radius 3 is 3.12 bits per heavy atom. The minimum atomic E-state index is -0.805. The number of aliphatic carboxylic acids is 1. The molecule has 1 fully saturated rings. The van der Waals surface area contributed by atoms with E-state index in [1.54, 1.807) is 18.6 Å². The second-order valence-electron chi connectivity index (χ2n) is 4.15. The minimum Gasteiger partial charge on any atom is -0.480 e. The Balaban J connectivity index is 2.05. The van der Waals surface area contributed by atoms with Gasteiger partial charge in [-0.3, -0.25) is 19.7 Å². The molecule has 0 amide bonds. The van der Waals surface area contributed by atoms with E-state index in [0.717, 1.165) is 12.2 Å². The first kappa shape index (κ1) is 11.9. The maximum Gasteiger partial charge on any atom is 0.322 e. The van der Waals surface area contributed by atoms with Crippen molar-refractivity contribution in [2.24, 2.45) is 0 Å². The van der Waals surface area contributed by atoms with Crippen LogP contribution in [-0.4, -0.2) is 51.6 Å². The first-order valence-electron chi connectivity index (χ1n) is 5.64. The van der Waals surface area contributed by atoms with Crippen LogP contribution in [0.1, 0.15) is 18.7 Å². The summed E-state index contributed by atoms with van der Waals surface area (Å²) in [5.74, 6) is -0.805. The molecular formula is C11H16N4O2. The van der Waals surface area contributed by atoms with Crippen LogP contribution in [0.15, 0.2) is 18.6 Å². The van der Waals surface area contributed by atoms with E-state index >= 15 is 0 Å². The molecule has 1 saturated heterocycles. The van der Waals surface area contributed by atoms with Gasteiger partial charge in [-0.15, -0.1) is 0 Å². The fraction of sp³-hybridized carbons (Fsp3) is 0.545. The molecule has 0 aliphatic carbocycles. The van der Waals surface area contributed by atoms with Gasteiger partial charge < -0.3 is 10.4 Å². The molecule has 92 valence electrons. The van der Waals surface area contributed by atoms with Crippen molar-refractivity contribution in [3.8, 4) is 0 Å². The van der Waals surface area contributed by atoms with Gasteiger partial charge in [0.2, 0.25) is 0 Å². The van der Waals surface area contributed by atoms with Gasteiger partial charge in [-0.1, -0.05) is 0 Å². The zero-order valence-electron chi connectivity index (χ0n) is 9.71. The van der Waals surface area contributed by atoms with Gasteiger partial charge >= 0.3 is 5.97 Å². The van der Waals surface area contributed by atoms with Gasteiger partial charge in [0.05, 0.1) is 11.7 Å². The lowest BCUT2D eigenvalue weighted by Crippen LogP contribution is -2.54. The molecule has 0 saturated carbocycles. The molecule has 17 heavy (non-hydrogen) atoms. The maximum absolute atomic E-state index is 10.9. The number of rotatable bonds is 3. The Morgan fingerprint density at radius 2 is 2.47 bits per heavy atom. The molecule has 6 heteroatoms. The highest BCUT2D eigenvalue weighted by Crippen LogP contribution is 2.18. The topological polar surface area (TPSA) is 78.4 Å². The Kier molecular flexibility index (Phi) is 3.65. The summed E-state index contributed by atoms with van der Waals surface area (Å²) < 4.78 is 0. The number of nitrogens with one attached hydrogen (secondary N) is 1. The molecule has 2 atom stereocenters. The average Bonchev–Trinajstić information content (AvgIpc) is 2.39. The van der Waals surface area contributed by atoms with Gasteiger partial charge in [0.15, 0.2) is 0 Å². The standard InChI is InChI=1S/C11H16N4O2/c1-8(9-6-12-2-3-13-9)15-5-4-14-10(7-15)11(16)17/h2-3,6,8,10,14H,4-5,7H2,1H3,(H,16,17). The van der Waals surface area contributed by atoms with Crippen LogP contribution < -0.4 is 5.32 Å². The fourth-order valence-corrected chi connectivity index (χ4v) is 2.00. The van der Waals surface area contributed by atoms with Crippen LogP contribution in [-0.2, 0) is 4.79 Å². The molecule has 6 nitrogen and oxygen atoms in total. The van der Waals surface area contributed by atoms with Crippen LogP contribution in [0.5, 0.6) is 0 Å². The second kappa shape index (κ2) is 5.20. The third kappa shape index (κ3) is 2.78. The zero-order chi connectivity index (χ0) is 12.3. The SMILES string of the molecule is CC(c1cnccn1)N1CCNC(C(=O)O)C1. The minimum absolute atomic E-state index is 0.0904. The lowest BCUT2D eigenvalue weighted by Gasteiger charge is -2.35. The Morgan fingerprint density at radius 1 is 1.65 bits per heavy atom. The van der Waals surface area contributed by atoms with Gasteiger partial charge in [-0.05, 0) is 6.92 Å². The highest BCUT2D eigenvalue weighted by Gasteiger charge is 2.28. The zero-order valence-corrected chi connectivity index (χ0v) is 9.71. The molecule has 1 aromatic heterocycles. The Labute approximate surface area is 99.7 Å². The molecule has 1 aliphatic heterocycles. The van der Waals surface area contributed by atoms with Crippen LogP contribution in [0.2, 0.25) is 0 Å². The van der Waals surface area contributed by atoms with Crippen molar-refractivity contribution in [3.05, 3.63) is 24.3 Å². The maximum atomic E-state index is 10.9. The van der Waals surface area contributed by atoms with E-state index in [1.165, 1.54) is 0 Å². The monoisotopic (exact) mass is 236 g/mol. The lowest BCUT2D eigenvalue weighted by atomic mass is 10.1. The molecule has 0 radical (unpaired) electrons. The summed E-state index contributed by atoms with van der Waals surface area (Å²) in [6.45, 7) is 4.02. The molecule has 2 rings (SSSR count). The van der Waals surface area contributed by atoms with Crippen LogP contribution in [0.4, 0.5) is 0 Å². The van der Waals surface area contributed by atoms with Crippen LogP contribution in [0, 0.1) is 0 Å². The molecule has 2 unspecified atom stereocenters. The van der Waals surface area contributed by atoms with Gasteiger partial charge in [0, 0.05) is 38.2 Å². The number of piperazine rings is 1. The first-order valence-corrected chi connectivity index (χ1v) is 5.64. The molecule has 0 bridgehead atoms. The van der Waals surface area contributed by atoms with Crippen LogP contribution in [0.25, 0.3) is 0 Å². The van der Waals surface area contributed by atoms with E-state index < -0.39 is 12.0 Å². The quantitative estimate of drug-likeness (QED) is 0.763. The first-order chi connectivity index (χ1) is 8.18. The van der Waals surface area contributed by atoms with Crippen molar-refractivity contribution >= 4 is 5.97 Å². The molecule has 1 aliphatic rings. The molecule has 0 spiro atoms. The van der Waals surface area contributed by atoms with Crippen molar-refractivity contribution < 1.29 is 9.90 Å². The summed E-state index contributed by atoms with van der Waals surface area (Å²) in [6, 6.07) is -0.407. The Hall–Kier alpha value is -1.53. The molecule has 2 N–H and O–H groups in total. The number of carbonyl (C=O) groups is 1. The van der Waals surface area contributed by atoms with Crippen LogP contribution in [0.3, 0.4) is 0 Å². The summed E-state index contributed by atoms with van der Waals surface area (Å²) in [7, 11) is 0. The fourth-order valence-electron chi connectivity index (χ4n) is 2.00. The number of carboxylic acid groups (broad SMARTS) is 1. The summed E-state index contributed by atoms with van der Waals surface area (Å²) in [5, 5.41) is 12.0. The third-order valence-corrected chi connectivity index (χ3v) is 3.06. The van der Waals surface area contributed by atoms with Gasteiger partial charge in [0.25, 0.3) is 0 Å². The average molecular weight is 236 g/mol. The lowest BCUT2D eigenvalue weighted by molar-refractivity contribution is -0.140.